The molecule has 0 fully saturated rings. The molecule has 1 aromatic carbocycles. The Kier molecular flexibility index (Phi) is 12.3. The smallest absolute Gasteiger partial charge is 0.250 e. The average molecular weight is 537 g/mol. The van der Waals surface area contributed by atoms with Crippen LogP contribution < -0.4 is 16.2 Å². The van der Waals surface area contributed by atoms with E-state index >= 15 is 0 Å². The fourth-order valence-corrected chi connectivity index (χ4v) is 3.19. The summed E-state index contributed by atoms with van der Waals surface area (Å²) in [4.78, 5) is 15.9. The van der Waals surface area contributed by atoms with Crippen LogP contribution in [0.3, 0.4) is 0 Å². The molecule has 0 bridgehead atoms. The number of nitrogens with one attached hydrogen (secondary N) is 2. The summed E-state index contributed by atoms with van der Waals surface area (Å²) >= 11 is 12.1. The van der Waals surface area contributed by atoms with Crippen LogP contribution in [0.2, 0.25) is 10.0 Å². The minimum atomic E-state index is 0. The van der Waals surface area contributed by atoms with Crippen LogP contribution in [0.15, 0.2) is 52.4 Å². The molecule has 0 spiro atoms. The SMILES string of the molecule is CN=C(NCCCCn1ccccc1=O)NCCCc1ccc(Cl)cc1Cl.I. The van der Waals surface area contributed by atoms with E-state index < -0.39 is 0 Å². The lowest BCUT2D eigenvalue weighted by Crippen LogP contribution is -2.38. The summed E-state index contributed by atoms with van der Waals surface area (Å²) in [6.45, 7) is 2.34. The van der Waals surface area contributed by atoms with Gasteiger partial charge in [-0.1, -0.05) is 35.3 Å². The number of hydrogen-bond donors (Lipinski definition) is 2. The largest absolute Gasteiger partial charge is 0.356 e. The molecule has 1 heterocycles. The predicted octanol–water partition coefficient (Wildman–Crippen LogP) is 4.35. The summed E-state index contributed by atoms with van der Waals surface area (Å²) in [5.41, 5.74) is 1.14. The summed E-state index contributed by atoms with van der Waals surface area (Å²) in [6.07, 6.45) is 5.54. The molecule has 0 amide bonds. The summed E-state index contributed by atoms with van der Waals surface area (Å²) in [7, 11) is 1.76. The molecule has 2 aromatic rings. The third kappa shape index (κ3) is 8.84. The molecule has 0 saturated heterocycles. The molecule has 0 atom stereocenters. The molecule has 0 aliphatic heterocycles. The van der Waals surface area contributed by atoms with Gasteiger partial charge in [0, 0.05) is 49.0 Å². The Hall–Kier alpha value is -1.25. The summed E-state index contributed by atoms with van der Waals surface area (Å²) in [5.74, 6) is 0.786. The minimum Gasteiger partial charge on any atom is -0.356 e. The van der Waals surface area contributed by atoms with Crippen molar-refractivity contribution in [2.45, 2.75) is 32.2 Å². The second kappa shape index (κ2) is 13.8. The van der Waals surface area contributed by atoms with Gasteiger partial charge in [0.05, 0.1) is 0 Å². The maximum absolute atomic E-state index is 11.6. The molecule has 5 nitrogen and oxygen atoms in total. The Morgan fingerprint density at radius 2 is 1.82 bits per heavy atom. The molecule has 0 aliphatic rings. The highest BCUT2D eigenvalue weighted by Crippen LogP contribution is 2.21. The van der Waals surface area contributed by atoms with Gasteiger partial charge in [0.15, 0.2) is 5.96 Å². The van der Waals surface area contributed by atoms with Gasteiger partial charge in [-0.15, -0.1) is 24.0 Å². The first-order valence-corrected chi connectivity index (χ1v) is 9.89. The number of rotatable bonds is 9. The first kappa shape index (κ1) is 24.8. The number of benzene rings is 1. The molecular formula is C20H27Cl2IN4O. The average Bonchev–Trinajstić information content (AvgIpc) is 2.66. The van der Waals surface area contributed by atoms with E-state index in [2.05, 4.69) is 15.6 Å². The van der Waals surface area contributed by atoms with Crippen molar-refractivity contribution in [2.75, 3.05) is 20.1 Å². The molecule has 2 rings (SSSR count). The van der Waals surface area contributed by atoms with Crippen molar-refractivity contribution in [3.05, 3.63) is 68.6 Å². The van der Waals surface area contributed by atoms with Crippen LogP contribution in [0.4, 0.5) is 0 Å². The predicted molar refractivity (Wildman–Crippen MR) is 129 cm³/mol. The Bertz CT molecular complexity index is 811. The number of hydrogen-bond acceptors (Lipinski definition) is 2. The van der Waals surface area contributed by atoms with Gasteiger partial charge in [-0.2, -0.15) is 0 Å². The molecule has 2 N–H and O–H groups in total. The van der Waals surface area contributed by atoms with Gasteiger partial charge < -0.3 is 15.2 Å². The van der Waals surface area contributed by atoms with E-state index in [1.165, 1.54) is 0 Å². The summed E-state index contributed by atoms with van der Waals surface area (Å²) < 4.78 is 1.73. The van der Waals surface area contributed by atoms with Crippen LogP contribution in [0, 0.1) is 0 Å². The first-order valence-electron chi connectivity index (χ1n) is 9.14. The second-order valence-corrected chi connectivity index (χ2v) is 7.05. The van der Waals surface area contributed by atoms with Crippen molar-refractivity contribution in [2.24, 2.45) is 4.99 Å². The van der Waals surface area contributed by atoms with Gasteiger partial charge in [0.25, 0.3) is 0 Å². The third-order valence-corrected chi connectivity index (χ3v) is 4.76. The standard InChI is InChI=1S/C20H26Cl2N4O.HI/c1-23-20(24-11-3-5-14-26-13-4-2-8-19(26)27)25-12-6-7-16-9-10-17(21)15-18(16)22;/h2,4,8-10,13,15H,3,5-7,11-12,14H2,1H3,(H2,23,24,25);1H. The zero-order chi connectivity index (χ0) is 19.5. The number of unbranched alkanes of at least 4 members (excludes halogenated alkanes) is 1. The van der Waals surface area contributed by atoms with Crippen LogP contribution in [-0.4, -0.2) is 30.7 Å². The summed E-state index contributed by atoms with van der Waals surface area (Å²) in [6, 6.07) is 10.8. The van der Waals surface area contributed by atoms with E-state index in [1.54, 1.807) is 29.8 Å². The molecule has 0 unspecified atom stereocenters. The van der Waals surface area contributed by atoms with Crippen LogP contribution in [-0.2, 0) is 13.0 Å². The van der Waals surface area contributed by atoms with Gasteiger partial charge in [-0.25, -0.2) is 0 Å². The van der Waals surface area contributed by atoms with E-state index in [-0.39, 0.29) is 29.5 Å². The monoisotopic (exact) mass is 536 g/mol. The Morgan fingerprint density at radius 1 is 1.07 bits per heavy atom. The van der Waals surface area contributed by atoms with Crippen LogP contribution in [0.25, 0.3) is 0 Å². The molecule has 8 heteroatoms. The lowest BCUT2D eigenvalue weighted by Gasteiger charge is -2.12. The topological polar surface area (TPSA) is 58.4 Å². The molecule has 154 valence electrons. The van der Waals surface area contributed by atoms with Gasteiger partial charge >= 0.3 is 0 Å². The maximum atomic E-state index is 11.6. The fourth-order valence-electron chi connectivity index (χ4n) is 2.69. The molecular weight excluding hydrogens is 510 g/mol. The van der Waals surface area contributed by atoms with Crippen molar-refractivity contribution >= 4 is 53.1 Å². The fraction of sp³-hybridized carbons (Fsp3) is 0.400. The van der Waals surface area contributed by atoms with Crippen molar-refractivity contribution in [1.29, 1.82) is 0 Å². The van der Waals surface area contributed by atoms with Crippen LogP contribution >= 0.6 is 47.2 Å². The van der Waals surface area contributed by atoms with E-state index in [1.807, 2.05) is 24.4 Å². The van der Waals surface area contributed by atoms with Crippen LogP contribution in [0.5, 0.6) is 0 Å². The van der Waals surface area contributed by atoms with Crippen molar-refractivity contribution in [3.8, 4) is 0 Å². The van der Waals surface area contributed by atoms with Crippen molar-refractivity contribution in [3.63, 3.8) is 0 Å². The number of aryl methyl sites for hydroxylation is 2. The number of halogens is 3. The quantitative estimate of drug-likeness (QED) is 0.217. The molecule has 0 aliphatic carbocycles. The normalized spacial score (nSPS) is 11.0. The third-order valence-electron chi connectivity index (χ3n) is 4.17. The van der Waals surface area contributed by atoms with E-state index in [0.29, 0.717) is 10.0 Å². The van der Waals surface area contributed by atoms with E-state index in [9.17, 15) is 4.79 Å². The molecule has 28 heavy (non-hydrogen) atoms. The van der Waals surface area contributed by atoms with Crippen LogP contribution in [0.1, 0.15) is 24.8 Å². The van der Waals surface area contributed by atoms with Gasteiger partial charge in [0.1, 0.15) is 0 Å². The number of nitrogens with zero attached hydrogens (tertiary/aromatic N) is 2. The number of pyridine rings is 1. The first-order chi connectivity index (χ1) is 13.1. The Morgan fingerprint density at radius 3 is 2.50 bits per heavy atom. The molecule has 0 radical (unpaired) electrons. The number of aliphatic imine (C=N–C) groups is 1. The van der Waals surface area contributed by atoms with Gasteiger partial charge in [-0.05, 0) is 49.4 Å². The lowest BCUT2D eigenvalue weighted by atomic mass is 10.1. The van der Waals surface area contributed by atoms with E-state index in [4.69, 9.17) is 23.2 Å². The maximum Gasteiger partial charge on any atom is 0.250 e. The molecule has 0 saturated carbocycles. The number of guanidine groups is 1. The lowest BCUT2D eigenvalue weighted by molar-refractivity contribution is 0.585. The van der Waals surface area contributed by atoms with E-state index in [0.717, 1.165) is 56.8 Å². The second-order valence-electron chi connectivity index (χ2n) is 6.20. The van der Waals surface area contributed by atoms with Crippen molar-refractivity contribution in [1.82, 2.24) is 15.2 Å². The molecule has 1 aromatic heterocycles. The highest BCUT2D eigenvalue weighted by molar-refractivity contribution is 14.0. The Labute approximate surface area is 193 Å². The number of aromatic nitrogens is 1. The van der Waals surface area contributed by atoms with Gasteiger partial charge in [0.2, 0.25) is 5.56 Å². The van der Waals surface area contributed by atoms with Gasteiger partial charge in [-0.3, -0.25) is 9.79 Å². The minimum absolute atomic E-state index is 0. The van der Waals surface area contributed by atoms with Crippen molar-refractivity contribution < 1.29 is 0 Å². The Balaban J connectivity index is 0.00000392. The zero-order valence-electron chi connectivity index (χ0n) is 16.0. The highest BCUT2D eigenvalue weighted by Gasteiger charge is 2.02. The zero-order valence-corrected chi connectivity index (χ0v) is 19.8. The highest BCUT2D eigenvalue weighted by atomic mass is 127. The summed E-state index contributed by atoms with van der Waals surface area (Å²) in [5, 5.41) is 7.97.